The number of hydrogen-bond donors (Lipinski definition) is 2. The summed E-state index contributed by atoms with van der Waals surface area (Å²) >= 11 is 11.2. The molecule has 2 nitrogen and oxygen atoms in total. The van der Waals surface area contributed by atoms with Crippen molar-refractivity contribution in [3.63, 3.8) is 0 Å². The molecule has 1 saturated carbocycles. The summed E-state index contributed by atoms with van der Waals surface area (Å²) in [4.78, 5) is 0.355. The van der Waals surface area contributed by atoms with Crippen molar-refractivity contribution in [1.82, 2.24) is 0 Å². The first-order valence-corrected chi connectivity index (χ1v) is 6.82. The second-order valence-electron chi connectivity index (χ2n) is 4.51. The van der Waals surface area contributed by atoms with Gasteiger partial charge in [-0.25, -0.2) is 0 Å². The predicted octanol–water partition coefficient (Wildman–Crippen LogP) is 3.72. The van der Waals surface area contributed by atoms with Gasteiger partial charge in [-0.15, -0.1) is 0 Å². The van der Waals surface area contributed by atoms with Gasteiger partial charge in [0.05, 0.1) is 10.6 Å². The van der Waals surface area contributed by atoms with Gasteiger partial charge in [0.1, 0.15) is 4.99 Å². The average Bonchev–Trinajstić information content (AvgIpc) is 2.30. The molecule has 0 aromatic heterocycles. The van der Waals surface area contributed by atoms with Crippen molar-refractivity contribution >= 4 is 34.5 Å². The van der Waals surface area contributed by atoms with Gasteiger partial charge in [0.25, 0.3) is 0 Å². The number of rotatable bonds is 3. The Bertz CT molecular complexity index is 414. The zero-order valence-corrected chi connectivity index (χ0v) is 11.3. The van der Waals surface area contributed by atoms with Crippen LogP contribution in [0.1, 0.15) is 37.7 Å². The molecule has 0 unspecified atom stereocenters. The molecular formula is C13H17ClN2S. The van der Waals surface area contributed by atoms with E-state index < -0.39 is 0 Å². The number of thiocarbonyl (C=S) groups is 1. The number of halogens is 1. The molecule has 0 atom stereocenters. The van der Waals surface area contributed by atoms with Crippen molar-refractivity contribution in [2.45, 2.75) is 38.1 Å². The Balaban J connectivity index is 2.19. The van der Waals surface area contributed by atoms with Crippen molar-refractivity contribution in [2.24, 2.45) is 5.73 Å². The second-order valence-corrected chi connectivity index (χ2v) is 5.35. The Kier molecular flexibility index (Phi) is 4.24. The summed E-state index contributed by atoms with van der Waals surface area (Å²) in [6, 6.07) is 6.27. The molecule has 1 aromatic rings. The Labute approximate surface area is 113 Å². The van der Waals surface area contributed by atoms with E-state index in [-0.39, 0.29) is 0 Å². The van der Waals surface area contributed by atoms with Gasteiger partial charge in [0.2, 0.25) is 0 Å². The van der Waals surface area contributed by atoms with Gasteiger partial charge < -0.3 is 11.1 Å². The molecule has 2 rings (SSSR count). The lowest BCUT2D eigenvalue weighted by Gasteiger charge is -2.25. The van der Waals surface area contributed by atoms with Crippen LogP contribution in [-0.2, 0) is 0 Å². The highest BCUT2D eigenvalue weighted by Gasteiger charge is 2.16. The van der Waals surface area contributed by atoms with Crippen LogP contribution in [-0.4, -0.2) is 11.0 Å². The monoisotopic (exact) mass is 268 g/mol. The minimum Gasteiger partial charge on any atom is -0.389 e. The molecule has 1 aliphatic rings. The lowest BCUT2D eigenvalue weighted by molar-refractivity contribution is 0.462. The summed E-state index contributed by atoms with van der Waals surface area (Å²) in [5.74, 6) is 0. The molecule has 0 saturated heterocycles. The molecule has 17 heavy (non-hydrogen) atoms. The van der Waals surface area contributed by atoms with Crippen LogP contribution < -0.4 is 11.1 Å². The van der Waals surface area contributed by atoms with Crippen LogP contribution >= 0.6 is 23.8 Å². The molecule has 0 amide bonds. The van der Waals surface area contributed by atoms with Crippen molar-refractivity contribution in [2.75, 3.05) is 5.32 Å². The molecule has 1 fully saturated rings. The van der Waals surface area contributed by atoms with E-state index in [4.69, 9.17) is 29.6 Å². The van der Waals surface area contributed by atoms with Crippen molar-refractivity contribution < 1.29 is 0 Å². The fourth-order valence-electron chi connectivity index (χ4n) is 2.36. The van der Waals surface area contributed by atoms with E-state index in [1.165, 1.54) is 32.1 Å². The third-order valence-electron chi connectivity index (χ3n) is 3.22. The maximum absolute atomic E-state index is 6.13. The SMILES string of the molecule is NC(=S)c1c(Cl)cccc1NC1CCCCC1. The lowest BCUT2D eigenvalue weighted by atomic mass is 9.95. The van der Waals surface area contributed by atoms with Crippen LogP contribution in [0.4, 0.5) is 5.69 Å². The van der Waals surface area contributed by atoms with Gasteiger partial charge in [-0.05, 0) is 25.0 Å². The van der Waals surface area contributed by atoms with Gasteiger partial charge in [-0.1, -0.05) is 49.1 Å². The average molecular weight is 269 g/mol. The maximum atomic E-state index is 6.13. The Morgan fingerprint density at radius 3 is 2.65 bits per heavy atom. The fraction of sp³-hybridized carbons (Fsp3) is 0.462. The Hall–Kier alpha value is -0.800. The first-order valence-electron chi connectivity index (χ1n) is 6.03. The minimum absolute atomic E-state index is 0.355. The fourth-order valence-corrected chi connectivity index (χ4v) is 2.91. The largest absolute Gasteiger partial charge is 0.389 e. The standard InChI is InChI=1S/C13H17ClN2S/c14-10-7-4-8-11(12(10)13(15)17)16-9-5-2-1-3-6-9/h4,7-9,16H,1-3,5-6H2,(H2,15,17). The highest BCUT2D eigenvalue weighted by molar-refractivity contribution is 7.80. The maximum Gasteiger partial charge on any atom is 0.107 e. The summed E-state index contributed by atoms with van der Waals surface area (Å²) in [6.07, 6.45) is 6.35. The highest BCUT2D eigenvalue weighted by atomic mass is 35.5. The number of nitrogens with two attached hydrogens (primary N) is 1. The zero-order chi connectivity index (χ0) is 12.3. The molecule has 92 valence electrons. The summed E-state index contributed by atoms with van der Waals surface area (Å²) in [6.45, 7) is 0. The summed E-state index contributed by atoms with van der Waals surface area (Å²) in [5, 5.41) is 4.14. The summed E-state index contributed by atoms with van der Waals surface area (Å²) in [5.41, 5.74) is 7.47. The van der Waals surface area contributed by atoms with E-state index in [1.54, 1.807) is 0 Å². The van der Waals surface area contributed by atoms with Crippen LogP contribution in [0.3, 0.4) is 0 Å². The Morgan fingerprint density at radius 2 is 2.00 bits per heavy atom. The molecule has 0 spiro atoms. The predicted molar refractivity (Wildman–Crippen MR) is 77.8 cm³/mol. The molecule has 0 radical (unpaired) electrons. The molecule has 4 heteroatoms. The molecule has 3 N–H and O–H groups in total. The summed E-state index contributed by atoms with van der Waals surface area (Å²) in [7, 11) is 0. The quantitative estimate of drug-likeness (QED) is 0.821. The lowest BCUT2D eigenvalue weighted by Crippen LogP contribution is -2.24. The van der Waals surface area contributed by atoms with Gasteiger partial charge in [0.15, 0.2) is 0 Å². The van der Waals surface area contributed by atoms with E-state index in [0.717, 1.165) is 11.3 Å². The Morgan fingerprint density at radius 1 is 1.29 bits per heavy atom. The molecular weight excluding hydrogens is 252 g/mol. The van der Waals surface area contributed by atoms with E-state index in [0.29, 0.717) is 16.1 Å². The van der Waals surface area contributed by atoms with E-state index >= 15 is 0 Å². The third-order valence-corrected chi connectivity index (χ3v) is 3.74. The normalized spacial score (nSPS) is 16.8. The van der Waals surface area contributed by atoms with E-state index in [2.05, 4.69) is 5.32 Å². The number of nitrogens with one attached hydrogen (secondary N) is 1. The first-order chi connectivity index (χ1) is 8.18. The zero-order valence-electron chi connectivity index (χ0n) is 9.71. The van der Waals surface area contributed by atoms with E-state index in [1.807, 2.05) is 18.2 Å². The highest BCUT2D eigenvalue weighted by Crippen LogP contribution is 2.27. The van der Waals surface area contributed by atoms with E-state index in [9.17, 15) is 0 Å². The minimum atomic E-state index is 0.355. The van der Waals surface area contributed by atoms with Crippen LogP contribution in [0, 0.1) is 0 Å². The van der Waals surface area contributed by atoms with Crippen molar-refractivity contribution in [3.8, 4) is 0 Å². The van der Waals surface area contributed by atoms with Crippen molar-refractivity contribution in [1.29, 1.82) is 0 Å². The molecule has 0 aliphatic heterocycles. The number of anilines is 1. The van der Waals surface area contributed by atoms with Crippen LogP contribution in [0.25, 0.3) is 0 Å². The molecule has 0 bridgehead atoms. The second kappa shape index (κ2) is 5.69. The van der Waals surface area contributed by atoms with Gasteiger partial charge >= 0.3 is 0 Å². The van der Waals surface area contributed by atoms with Crippen LogP contribution in [0.5, 0.6) is 0 Å². The van der Waals surface area contributed by atoms with Crippen molar-refractivity contribution in [3.05, 3.63) is 28.8 Å². The van der Waals surface area contributed by atoms with Crippen LogP contribution in [0.15, 0.2) is 18.2 Å². The molecule has 0 heterocycles. The van der Waals surface area contributed by atoms with Gasteiger partial charge in [-0.3, -0.25) is 0 Å². The number of hydrogen-bond acceptors (Lipinski definition) is 2. The summed E-state index contributed by atoms with van der Waals surface area (Å²) < 4.78 is 0. The van der Waals surface area contributed by atoms with Gasteiger partial charge in [-0.2, -0.15) is 0 Å². The molecule has 1 aliphatic carbocycles. The third kappa shape index (κ3) is 3.11. The topological polar surface area (TPSA) is 38.0 Å². The number of benzene rings is 1. The van der Waals surface area contributed by atoms with Gasteiger partial charge in [0, 0.05) is 11.7 Å². The molecule has 1 aromatic carbocycles. The van der Waals surface area contributed by atoms with Crippen LogP contribution in [0.2, 0.25) is 5.02 Å². The smallest absolute Gasteiger partial charge is 0.107 e. The first kappa shape index (κ1) is 12.7.